The summed E-state index contributed by atoms with van der Waals surface area (Å²) in [6.45, 7) is 7.30. The number of aryl methyl sites for hydroxylation is 1. The zero-order chi connectivity index (χ0) is 18.3. The molecule has 1 amide bonds. The fraction of sp³-hybridized carbons (Fsp3) is 0.476. The molecular formula is C21H27N3O2. The second-order valence-electron chi connectivity index (χ2n) is 7.39. The van der Waals surface area contributed by atoms with Crippen LogP contribution < -0.4 is 9.80 Å². The topological polar surface area (TPSA) is 37.7 Å². The van der Waals surface area contributed by atoms with Gasteiger partial charge in [0.2, 0.25) is 0 Å². The number of fused-ring (bicyclic) bond motifs is 1. The number of benzene rings is 1. The number of para-hydroxylation sites is 2. The van der Waals surface area contributed by atoms with Gasteiger partial charge in [-0.25, -0.2) is 0 Å². The van der Waals surface area contributed by atoms with E-state index in [0.29, 0.717) is 12.6 Å². The molecule has 0 saturated carbocycles. The Morgan fingerprint density at radius 3 is 2.65 bits per heavy atom. The Bertz CT molecular complexity index is 821. The van der Waals surface area contributed by atoms with Crippen LogP contribution in [0.4, 0.5) is 11.4 Å². The van der Waals surface area contributed by atoms with Crippen LogP contribution in [-0.2, 0) is 4.74 Å². The Kier molecular flexibility index (Phi) is 4.49. The summed E-state index contributed by atoms with van der Waals surface area (Å²) in [5.74, 6) is 0.0987. The van der Waals surface area contributed by atoms with Crippen molar-refractivity contribution < 1.29 is 9.53 Å². The molecule has 1 atom stereocenters. The Labute approximate surface area is 155 Å². The second kappa shape index (κ2) is 6.80. The van der Waals surface area contributed by atoms with Crippen molar-refractivity contribution in [3.63, 3.8) is 0 Å². The fourth-order valence-electron chi connectivity index (χ4n) is 4.35. The van der Waals surface area contributed by atoms with Gasteiger partial charge in [0.25, 0.3) is 5.91 Å². The molecule has 1 aromatic heterocycles. The number of ether oxygens (including phenoxy) is 1. The SMILES string of the molecule is Cc1cc(C(=O)N2CCN(C)c3ccccc32)c(C)n1C1CCCOC1. The summed E-state index contributed by atoms with van der Waals surface area (Å²) >= 11 is 0. The number of nitrogens with zero attached hydrogens (tertiary/aromatic N) is 3. The summed E-state index contributed by atoms with van der Waals surface area (Å²) in [6.07, 6.45) is 2.19. The standard InChI is InChI=1S/C21H27N3O2/c1-15-13-18(16(2)24(15)17-7-6-12-26-14-17)21(25)23-11-10-22(3)19-8-4-5-9-20(19)23/h4-5,8-9,13,17H,6-7,10-12,14H2,1-3H3. The predicted octanol–water partition coefficient (Wildman–Crippen LogP) is 3.55. The van der Waals surface area contributed by atoms with E-state index >= 15 is 0 Å². The van der Waals surface area contributed by atoms with Gasteiger partial charge in [-0.2, -0.15) is 0 Å². The van der Waals surface area contributed by atoms with Gasteiger partial charge in [0, 0.05) is 38.1 Å². The molecule has 26 heavy (non-hydrogen) atoms. The first kappa shape index (κ1) is 17.2. The first-order chi connectivity index (χ1) is 12.6. The maximum Gasteiger partial charge on any atom is 0.260 e. The molecule has 2 aliphatic rings. The molecule has 2 aliphatic heterocycles. The molecule has 5 nitrogen and oxygen atoms in total. The lowest BCUT2D eigenvalue weighted by Crippen LogP contribution is -2.42. The van der Waals surface area contributed by atoms with Crippen LogP contribution in [0.5, 0.6) is 0 Å². The highest BCUT2D eigenvalue weighted by Crippen LogP contribution is 2.34. The van der Waals surface area contributed by atoms with Crippen molar-refractivity contribution in [2.24, 2.45) is 0 Å². The third-order valence-corrected chi connectivity index (χ3v) is 5.70. The zero-order valence-corrected chi connectivity index (χ0v) is 15.9. The molecule has 0 N–H and O–H groups in total. The van der Waals surface area contributed by atoms with Crippen LogP contribution in [0.1, 0.15) is 40.6 Å². The van der Waals surface area contributed by atoms with E-state index in [0.717, 1.165) is 60.9 Å². The van der Waals surface area contributed by atoms with E-state index < -0.39 is 0 Å². The van der Waals surface area contributed by atoms with Gasteiger partial charge in [0.15, 0.2) is 0 Å². The monoisotopic (exact) mass is 353 g/mol. The van der Waals surface area contributed by atoms with Gasteiger partial charge < -0.3 is 19.1 Å². The molecular weight excluding hydrogens is 326 g/mol. The molecule has 3 heterocycles. The maximum absolute atomic E-state index is 13.4. The predicted molar refractivity (Wildman–Crippen MR) is 104 cm³/mol. The Morgan fingerprint density at radius 2 is 1.92 bits per heavy atom. The van der Waals surface area contributed by atoms with E-state index in [1.807, 2.05) is 29.2 Å². The molecule has 4 rings (SSSR count). The van der Waals surface area contributed by atoms with Crippen LogP contribution in [0, 0.1) is 13.8 Å². The average molecular weight is 353 g/mol. The van der Waals surface area contributed by atoms with Crippen LogP contribution in [0.3, 0.4) is 0 Å². The third kappa shape index (κ3) is 2.80. The number of hydrogen-bond acceptors (Lipinski definition) is 3. The smallest absolute Gasteiger partial charge is 0.260 e. The first-order valence-electron chi connectivity index (χ1n) is 9.46. The minimum atomic E-state index is 0.0987. The molecule has 0 bridgehead atoms. The summed E-state index contributed by atoms with van der Waals surface area (Å²) in [4.78, 5) is 17.5. The van der Waals surface area contributed by atoms with Crippen molar-refractivity contribution in [1.29, 1.82) is 0 Å². The number of carbonyl (C=O) groups excluding carboxylic acids is 1. The van der Waals surface area contributed by atoms with E-state index in [4.69, 9.17) is 4.74 Å². The van der Waals surface area contributed by atoms with Gasteiger partial charge in [-0.1, -0.05) is 12.1 Å². The van der Waals surface area contributed by atoms with Gasteiger partial charge in [0.1, 0.15) is 0 Å². The van der Waals surface area contributed by atoms with Crippen LogP contribution in [0.15, 0.2) is 30.3 Å². The number of rotatable bonds is 2. The molecule has 0 aliphatic carbocycles. The summed E-state index contributed by atoms with van der Waals surface area (Å²) in [6, 6.07) is 10.5. The number of likely N-dealkylation sites (N-methyl/N-ethyl adjacent to an activating group) is 1. The number of amides is 1. The maximum atomic E-state index is 13.4. The van der Waals surface area contributed by atoms with Crippen molar-refractivity contribution in [2.45, 2.75) is 32.7 Å². The fourth-order valence-corrected chi connectivity index (χ4v) is 4.35. The minimum absolute atomic E-state index is 0.0987. The van der Waals surface area contributed by atoms with Crippen LogP contribution in [0.2, 0.25) is 0 Å². The summed E-state index contributed by atoms with van der Waals surface area (Å²) in [5.41, 5.74) is 5.12. The van der Waals surface area contributed by atoms with Crippen molar-refractivity contribution in [1.82, 2.24) is 4.57 Å². The second-order valence-corrected chi connectivity index (χ2v) is 7.39. The lowest BCUT2D eigenvalue weighted by molar-refractivity contribution is 0.0580. The van der Waals surface area contributed by atoms with Crippen molar-refractivity contribution >= 4 is 17.3 Å². The Balaban J connectivity index is 1.68. The molecule has 5 heteroatoms. The van der Waals surface area contributed by atoms with Crippen LogP contribution in [-0.4, -0.2) is 43.8 Å². The van der Waals surface area contributed by atoms with Crippen molar-refractivity contribution in [3.8, 4) is 0 Å². The van der Waals surface area contributed by atoms with Gasteiger partial charge >= 0.3 is 0 Å². The van der Waals surface area contributed by atoms with Gasteiger partial charge in [0.05, 0.1) is 29.6 Å². The molecule has 1 fully saturated rings. The third-order valence-electron chi connectivity index (χ3n) is 5.70. The van der Waals surface area contributed by atoms with E-state index in [9.17, 15) is 4.79 Å². The number of carbonyl (C=O) groups is 1. The summed E-state index contributed by atoms with van der Waals surface area (Å²) in [5, 5.41) is 0. The normalized spacial score (nSPS) is 20.2. The minimum Gasteiger partial charge on any atom is -0.379 e. The summed E-state index contributed by atoms with van der Waals surface area (Å²) < 4.78 is 7.97. The molecule has 0 radical (unpaired) electrons. The lowest BCUT2D eigenvalue weighted by atomic mass is 10.1. The molecule has 1 saturated heterocycles. The highest BCUT2D eigenvalue weighted by atomic mass is 16.5. The Hall–Kier alpha value is -2.27. The Morgan fingerprint density at radius 1 is 1.15 bits per heavy atom. The van der Waals surface area contributed by atoms with Gasteiger partial charge in [-0.3, -0.25) is 4.79 Å². The average Bonchev–Trinajstić information content (AvgIpc) is 2.97. The molecule has 1 unspecified atom stereocenters. The number of hydrogen-bond donors (Lipinski definition) is 0. The van der Waals surface area contributed by atoms with Crippen molar-refractivity contribution in [3.05, 3.63) is 47.3 Å². The lowest BCUT2D eigenvalue weighted by Gasteiger charge is -2.35. The number of anilines is 2. The molecule has 138 valence electrons. The van der Waals surface area contributed by atoms with Gasteiger partial charge in [-0.15, -0.1) is 0 Å². The van der Waals surface area contributed by atoms with E-state index in [1.165, 1.54) is 0 Å². The van der Waals surface area contributed by atoms with E-state index in [1.54, 1.807) is 0 Å². The largest absolute Gasteiger partial charge is 0.379 e. The summed E-state index contributed by atoms with van der Waals surface area (Å²) in [7, 11) is 2.08. The van der Waals surface area contributed by atoms with Crippen LogP contribution >= 0.6 is 0 Å². The zero-order valence-electron chi connectivity index (χ0n) is 15.9. The highest BCUT2D eigenvalue weighted by Gasteiger charge is 2.29. The molecule has 1 aromatic carbocycles. The highest BCUT2D eigenvalue weighted by molar-refractivity contribution is 6.09. The van der Waals surface area contributed by atoms with Crippen LogP contribution in [0.25, 0.3) is 0 Å². The number of aromatic nitrogens is 1. The molecule has 0 spiro atoms. The van der Waals surface area contributed by atoms with Gasteiger partial charge in [-0.05, 0) is 44.9 Å². The first-order valence-corrected chi connectivity index (χ1v) is 9.46. The van der Waals surface area contributed by atoms with Crippen molar-refractivity contribution in [2.75, 3.05) is 43.2 Å². The van der Waals surface area contributed by atoms with E-state index in [2.05, 4.69) is 36.4 Å². The quantitative estimate of drug-likeness (QED) is 0.829. The molecule has 2 aromatic rings. The van der Waals surface area contributed by atoms with E-state index in [-0.39, 0.29) is 5.91 Å².